The monoisotopic (exact) mass is 409 g/mol. The zero-order valence-corrected chi connectivity index (χ0v) is 16.7. The average Bonchev–Trinajstić information content (AvgIpc) is 3.34. The molecule has 0 bridgehead atoms. The van der Waals surface area contributed by atoms with Crippen molar-refractivity contribution in [2.45, 2.75) is 45.2 Å². The molecule has 7 nitrogen and oxygen atoms in total. The van der Waals surface area contributed by atoms with Gasteiger partial charge in [-0.2, -0.15) is 10.4 Å². The maximum Gasteiger partial charge on any atom is 0.274 e. The van der Waals surface area contributed by atoms with Crippen LogP contribution in [0, 0.1) is 11.3 Å². The third-order valence-corrected chi connectivity index (χ3v) is 5.34. The van der Waals surface area contributed by atoms with Gasteiger partial charge in [0.25, 0.3) is 5.91 Å². The Kier molecular flexibility index (Phi) is 5.36. The van der Waals surface area contributed by atoms with Crippen LogP contribution in [0.4, 0.5) is 0 Å². The van der Waals surface area contributed by atoms with Gasteiger partial charge in [-0.25, -0.2) is 0 Å². The molecule has 1 N–H and O–H groups in total. The van der Waals surface area contributed by atoms with Gasteiger partial charge in [-0.15, -0.1) is 0 Å². The Bertz CT molecular complexity index is 1090. The highest BCUT2D eigenvalue weighted by molar-refractivity contribution is 6.32. The summed E-state index contributed by atoms with van der Waals surface area (Å²) in [5.41, 5.74) is 3.36. The Morgan fingerprint density at radius 2 is 2.21 bits per heavy atom. The first kappa shape index (κ1) is 19.2. The molecule has 0 unspecified atom stereocenters. The molecule has 2 aromatic heterocycles. The third-order valence-electron chi connectivity index (χ3n) is 5.03. The van der Waals surface area contributed by atoms with E-state index in [2.05, 4.69) is 15.6 Å². The lowest BCUT2D eigenvalue weighted by molar-refractivity contribution is 0.0926. The largest absolute Gasteiger partial charge is 0.360 e. The predicted octanol–water partition coefficient (Wildman–Crippen LogP) is 3.76. The van der Waals surface area contributed by atoms with Gasteiger partial charge in [-0.1, -0.05) is 22.8 Å². The second-order valence-electron chi connectivity index (χ2n) is 7.24. The van der Waals surface area contributed by atoms with E-state index in [0.29, 0.717) is 22.8 Å². The minimum Gasteiger partial charge on any atom is -0.360 e. The van der Waals surface area contributed by atoms with Crippen molar-refractivity contribution in [2.24, 2.45) is 0 Å². The molecule has 148 valence electrons. The third kappa shape index (κ3) is 4.03. The first-order valence-electron chi connectivity index (χ1n) is 9.57. The number of hydrogen-bond acceptors (Lipinski definition) is 5. The Labute approximate surface area is 173 Å². The fourth-order valence-electron chi connectivity index (χ4n) is 3.56. The summed E-state index contributed by atoms with van der Waals surface area (Å²) < 4.78 is 7.10. The van der Waals surface area contributed by atoms with Crippen LogP contribution in [0.5, 0.6) is 0 Å². The molecule has 1 aliphatic rings. The quantitative estimate of drug-likeness (QED) is 0.692. The van der Waals surface area contributed by atoms with E-state index in [4.69, 9.17) is 21.4 Å². The molecule has 0 spiro atoms. The molecule has 1 aliphatic carbocycles. The van der Waals surface area contributed by atoms with E-state index >= 15 is 0 Å². The van der Waals surface area contributed by atoms with Crippen LogP contribution in [-0.2, 0) is 19.4 Å². The van der Waals surface area contributed by atoms with Crippen molar-refractivity contribution in [2.75, 3.05) is 0 Å². The van der Waals surface area contributed by atoms with Crippen LogP contribution >= 0.6 is 11.6 Å². The van der Waals surface area contributed by atoms with Crippen molar-refractivity contribution in [3.63, 3.8) is 0 Å². The van der Waals surface area contributed by atoms with Crippen molar-refractivity contribution in [1.29, 1.82) is 5.26 Å². The van der Waals surface area contributed by atoms with Crippen LogP contribution in [0.25, 0.3) is 11.3 Å². The number of carbonyl (C=O) groups is 1. The molecule has 2 heterocycles. The average molecular weight is 410 g/mol. The first-order chi connectivity index (χ1) is 14.0. The van der Waals surface area contributed by atoms with Crippen molar-refractivity contribution in [3.05, 3.63) is 58.1 Å². The fraction of sp³-hybridized carbons (Fsp3) is 0.333. The number of nitrogens with zero attached hydrogens (tertiary/aromatic N) is 4. The minimum absolute atomic E-state index is 0.143. The minimum atomic E-state index is -0.212. The highest BCUT2D eigenvalue weighted by Gasteiger charge is 2.24. The number of rotatable bonds is 5. The number of aryl methyl sites for hydroxylation is 1. The number of halogens is 1. The number of benzene rings is 1. The SMILES string of the molecule is C[C@@H](Cn1ccc(-c2ccc(C#N)c(Cl)c2)n1)NC(=O)c1noc2c1CCCC2. The molecule has 1 aromatic carbocycles. The van der Waals surface area contributed by atoms with Crippen molar-refractivity contribution < 1.29 is 9.32 Å². The molecule has 0 radical (unpaired) electrons. The topological polar surface area (TPSA) is 96.7 Å². The normalized spacial score (nSPS) is 14.1. The van der Waals surface area contributed by atoms with Gasteiger partial charge >= 0.3 is 0 Å². The molecule has 0 saturated heterocycles. The highest BCUT2D eigenvalue weighted by Crippen LogP contribution is 2.25. The zero-order chi connectivity index (χ0) is 20.4. The van der Waals surface area contributed by atoms with E-state index in [1.165, 1.54) is 0 Å². The van der Waals surface area contributed by atoms with E-state index in [0.717, 1.165) is 48.3 Å². The Morgan fingerprint density at radius 1 is 1.38 bits per heavy atom. The molecule has 1 amide bonds. The molecule has 29 heavy (non-hydrogen) atoms. The molecule has 4 rings (SSSR count). The molecule has 8 heteroatoms. The number of aromatic nitrogens is 3. The van der Waals surface area contributed by atoms with Crippen LogP contribution in [0.2, 0.25) is 5.02 Å². The molecular weight excluding hydrogens is 390 g/mol. The van der Waals surface area contributed by atoms with E-state index < -0.39 is 0 Å². The summed E-state index contributed by atoms with van der Waals surface area (Å²) >= 11 is 6.11. The number of hydrogen-bond donors (Lipinski definition) is 1. The summed E-state index contributed by atoms with van der Waals surface area (Å²) in [6, 6.07) is 9.00. The lowest BCUT2D eigenvalue weighted by atomic mass is 9.96. The van der Waals surface area contributed by atoms with Gasteiger partial charge in [0, 0.05) is 29.8 Å². The summed E-state index contributed by atoms with van der Waals surface area (Å²) in [6.07, 6.45) is 5.67. The van der Waals surface area contributed by atoms with Crippen LogP contribution in [0.1, 0.15) is 47.1 Å². The molecule has 0 saturated carbocycles. The van der Waals surface area contributed by atoms with Gasteiger partial charge < -0.3 is 9.84 Å². The molecule has 3 aromatic rings. The van der Waals surface area contributed by atoms with Gasteiger partial charge in [-0.05, 0) is 44.4 Å². The van der Waals surface area contributed by atoms with E-state index in [-0.39, 0.29) is 11.9 Å². The summed E-state index contributed by atoms with van der Waals surface area (Å²) in [4.78, 5) is 12.6. The number of nitrogens with one attached hydrogen (secondary N) is 1. The van der Waals surface area contributed by atoms with Crippen molar-refractivity contribution in [3.8, 4) is 17.3 Å². The number of fused-ring (bicyclic) bond motifs is 1. The van der Waals surface area contributed by atoms with Gasteiger partial charge in [0.05, 0.1) is 22.8 Å². The number of amides is 1. The zero-order valence-electron chi connectivity index (χ0n) is 16.0. The summed E-state index contributed by atoms with van der Waals surface area (Å²) in [5.74, 6) is 0.627. The Balaban J connectivity index is 1.41. The molecule has 1 atom stereocenters. The van der Waals surface area contributed by atoms with Crippen LogP contribution in [-0.4, -0.2) is 26.9 Å². The Morgan fingerprint density at radius 3 is 3.00 bits per heavy atom. The maximum atomic E-state index is 12.6. The standard InChI is InChI=1S/C21H20ClN5O2/c1-13(24-21(28)20-16-4-2-3-5-19(16)29-26-20)12-27-9-8-18(25-27)14-6-7-15(11-23)17(22)10-14/h6-10,13H,2-5,12H2,1H3,(H,24,28)/t13-/m0/s1. The second kappa shape index (κ2) is 8.10. The van der Waals surface area contributed by atoms with E-state index in [1.807, 2.05) is 31.3 Å². The van der Waals surface area contributed by atoms with Crippen LogP contribution in [0.3, 0.4) is 0 Å². The van der Waals surface area contributed by atoms with Gasteiger partial charge in [-0.3, -0.25) is 9.48 Å². The summed E-state index contributed by atoms with van der Waals surface area (Å²) in [5, 5.41) is 20.9. The second-order valence-corrected chi connectivity index (χ2v) is 7.65. The lowest BCUT2D eigenvalue weighted by Gasteiger charge is -2.14. The predicted molar refractivity (Wildman–Crippen MR) is 107 cm³/mol. The Hall–Kier alpha value is -3.11. The first-order valence-corrected chi connectivity index (χ1v) is 9.94. The van der Waals surface area contributed by atoms with Gasteiger partial charge in [0.15, 0.2) is 5.69 Å². The van der Waals surface area contributed by atoms with Crippen molar-refractivity contribution >= 4 is 17.5 Å². The fourth-order valence-corrected chi connectivity index (χ4v) is 3.79. The summed E-state index contributed by atoms with van der Waals surface area (Å²) in [7, 11) is 0. The number of nitriles is 1. The van der Waals surface area contributed by atoms with Crippen molar-refractivity contribution in [1.82, 2.24) is 20.3 Å². The van der Waals surface area contributed by atoms with Gasteiger partial charge in [0.1, 0.15) is 11.8 Å². The molecule has 0 aliphatic heterocycles. The van der Waals surface area contributed by atoms with E-state index in [1.54, 1.807) is 16.8 Å². The van der Waals surface area contributed by atoms with E-state index in [9.17, 15) is 4.79 Å². The smallest absolute Gasteiger partial charge is 0.274 e. The highest BCUT2D eigenvalue weighted by atomic mass is 35.5. The maximum absolute atomic E-state index is 12.6. The van der Waals surface area contributed by atoms with Gasteiger partial charge in [0.2, 0.25) is 0 Å². The molecule has 0 fully saturated rings. The van der Waals surface area contributed by atoms with Crippen LogP contribution in [0.15, 0.2) is 35.0 Å². The lowest BCUT2D eigenvalue weighted by Crippen LogP contribution is -2.36. The van der Waals surface area contributed by atoms with Crippen LogP contribution < -0.4 is 5.32 Å². The summed E-state index contributed by atoms with van der Waals surface area (Å²) in [6.45, 7) is 2.43. The number of carbonyl (C=O) groups excluding carboxylic acids is 1. The molecular formula is C21H20ClN5O2.